The third-order valence-corrected chi connectivity index (χ3v) is 7.88. The number of carbonyl (C=O) groups is 1. The molecule has 1 aliphatic rings. The smallest absolute Gasteiger partial charge is 0.255 e. The Kier molecular flexibility index (Phi) is 6.28. The first-order valence-electron chi connectivity index (χ1n) is 10.9. The molecule has 6 nitrogen and oxygen atoms in total. The highest BCUT2D eigenvalue weighted by Crippen LogP contribution is 2.39. The molecular formula is C26H29N3O3S. The van der Waals surface area contributed by atoms with Crippen LogP contribution in [0.5, 0.6) is 0 Å². The van der Waals surface area contributed by atoms with Crippen LogP contribution in [0.2, 0.25) is 0 Å². The normalized spacial score (nSPS) is 19.0. The second-order valence-corrected chi connectivity index (χ2v) is 10.6. The Labute approximate surface area is 196 Å². The molecule has 0 spiro atoms. The van der Waals surface area contributed by atoms with Gasteiger partial charge in [0.1, 0.15) is 6.17 Å². The Morgan fingerprint density at radius 2 is 1.52 bits per heavy atom. The van der Waals surface area contributed by atoms with Crippen LogP contribution in [0.15, 0.2) is 83.8 Å². The van der Waals surface area contributed by atoms with Crippen molar-refractivity contribution in [1.82, 2.24) is 9.21 Å². The molecule has 172 valence electrons. The number of nitrogens with zero attached hydrogens (tertiary/aromatic N) is 3. The Morgan fingerprint density at radius 3 is 2.09 bits per heavy atom. The molecule has 3 aromatic rings. The number of benzene rings is 3. The monoisotopic (exact) mass is 463 g/mol. The van der Waals surface area contributed by atoms with Gasteiger partial charge >= 0.3 is 0 Å². The minimum atomic E-state index is -3.83. The van der Waals surface area contributed by atoms with E-state index in [1.165, 1.54) is 4.31 Å². The summed E-state index contributed by atoms with van der Waals surface area (Å²) in [7, 11) is 0.0691. The zero-order valence-electron chi connectivity index (χ0n) is 19.3. The maximum Gasteiger partial charge on any atom is 0.255 e. The summed E-state index contributed by atoms with van der Waals surface area (Å²) in [5, 5.41) is 0. The number of amides is 1. The van der Waals surface area contributed by atoms with Crippen LogP contribution in [0.4, 0.5) is 5.69 Å². The highest BCUT2D eigenvalue weighted by Gasteiger charge is 2.47. The average molecular weight is 464 g/mol. The Hall–Kier alpha value is -3.16. The molecule has 2 unspecified atom stereocenters. The van der Waals surface area contributed by atoms with E-state index >= 15 is 0 Å². The van der Waals surface area contributed by atoms with Crippen LogP contribution in [0, 0.1) is 6.92 Å². The summed E-state index contributed by atoms with van der Waals surface area (Å²) in [5.41, 5.74) is 3.28. The van der Waals surface area contributed by atoms with E-state index < -0.39 is 16.2 Å². The fraction of sp³-hybridized carbons (Fsp3) is 0.269. The number of aryl methyl sites for hydroxylation is 1. The number of carbonyl (C=O) groups excluding carboxylic acids is 1. The molecule has 0 aliphatic carbocycles. The van der Waals surface area contributed by atoms with Gasteiger partial charge in [-0.2, -0.15) is 4.31 Å². The lowest BCUT2D eigenvalue weighted by Crippen LogP contribution is -2.39. The Bertz CT molecular complexity index is 1220. The van der Waals surface area contributed by atoms with Crippen molar-refractivity contribution in [2.24, 2.45) is 0 Å². The van der Waals surface area contributed by atoms with Crippen molar-refractivity contribution in [2.45, 2.75) is 31.0 Å². The molecule has 1 saturated heterocycles. The number of anilines is 1. The van der Waals surface area contributed by atoms with Crippen molar-refractivity contribution in [3.63, 3.8) is 0 Å². The van der Waals surface area contributed by atoms with Gasteiger partial charge in [-0.15, -0.1) is 0 Å². The molecule has 33 heavy (non-hydrogen) atoms. The van der Waals surface area contributed by atoms with E-state index in [2.05, 4.69) is 0 Å². The molecule has 0 radical (unpaired) electrons. The first kappa shape index (κ1) is 23.0. The standard InChI is InChI=1S/C26H29N3O3S/c1-19-10-16-24(17-11-19)33(31,32)28-18-20(2)29(26(30)22-8-6-5-7-9-22)25(28)21-12-14-23(15-13-21)27(3)4/h5-17,20,25H,18H2,1-4H3. The van der Waals surface area contributed by atoms with Crippen LogP contribution < -0.4 is 4.90 Å². The first-order valence-corrected chi connectivity index (χ1v) is 12.4. The molecule has 0 bridgehead atoms. The molecule has 0 aromatic heterocycles. The lowest BCUT2D eigenvalue weighted by molar-refractivity contribution is 0.0640. The number of rotatable bonds is 5. The minimum Gasteiger partial charge on any atom is -0.378 e. The summed E-state index contributed by atoms with van der Waals surface area (Å²) in [6, 6.07) is 23.3. The zero-order valence-corrected chi connectivity index (χ0v) is 20.2. The number of hydrogen-bond acceptors (Lipinski definition) is 4. The molecular weight excluding hydrogens is 434 g/mol. The van der Waals surface area contributed by atoms with Crippen LogP contribution >= 0.6 is 0 Å². The van der Waals surface area contributed by atoms with Gasteiger partial charge in [0.15, 0.2) is 0 Å². The van der Waals surface area contributed by atoms with Gasteiger partial charge in [0.05, 0.1) is 4.90 Å². The average Bonchev–Trinajstić information content (AvgIpc) is 3.17. The number of sulfonamides is 1. The quantitative estimate of drug-likeness (QED) is 0.566. The van der Waals surface area contributed by atoms with Crippen molar-refractivity contribution in [1.29, 1.82) is 0 Å². The Balaban J connectivity index is 1.81. The summed E-state index contributed by atoms with van der Waals surface area (Å²) in [5.74, 6) is -0.189. The molecule has 7 heteroatoms. The maximum absolute atomic E-state index is 13.7. The van der Waals surface area contributed by atoms with Gasteiger partial charge in [-0.1, -0.05) is 48.0 Å². The molecule has 0 saturated carbocycles. The van der Waals surface area contributed by atoms with Crippen molar-refractivity contribution in [3.8, 4) is 0 Å². The van der Waals surface area contributed by atoms with E-state index in [-0.39, 0.29) is 23.4 Å². The molecule has 2 atom stereocenters. The van der Waals surface area contributed by atoms with E-state index in [4.69, 9.17) is 0 Å². The second-order valence-electron chi connectivity index (χ2n) is 8.67. The molecule has 1 heterocycles. The van der Waals surface area contributed by atoms with Gasteiger partial charge < -0.3 is 9.80 Å². The van der Waals surface area contributed by atoms with Crippen LogP contribution in [-0.4, -0.2) is 50.2 Å². The largest absolute Gasteiger partial charge is 0.378 e. The van der Waals surface area contributed by atoms with Crippen LogP contribution in [-0.2, 0) is 10.0 Å². The SMILES string of the molecule is Cc1ccc(S(=O)(=O)N2CC(C)N(C(=O)c3ccccc3)C2c2ccc(N(C)C)cc2)cc1. The summed E-state index contributed by atoms with van der Waals surface area (Å²) in [4.78, 5) is 17.5. The lowest BCUT2D eigenvalue weighted by Gasteiger charge is -2.32. The van der Waals surface area contributed by atoms with Crippen LogP contribution in [0.3, 0.4) is 0 Å². The highest BCUT2D eigenvalue weighted by molar-refractivity contribution is 7.89. The van der Waals surface area contributed by atoms with Crippen molar-refractivity contribution in [3.05, 3.63) is 95.6 Å². The fourth-order valence-electron chi connectivity index (χ4n) is 4.22. The van der Waals surface area contributed by atoms with E-state index in [1.54, 1.807) is 41.3 Å². The third kappa shape index (κ3) is 4.38. The molecule has 1 amide bonds. The molecule has 3 aromatic carbocycles. The van der Waals surface area contributed by atoms with Gasteiger partial charge in [-0.3, -0.25) is 4.79 Å². The summed E-state index contributed by atoms with van der Waals surface area (Å²) in [6.45, 7) is 4.03. The minimum absolute atomic E-state index is 0.189. The van der Waals surface area contributed by atoms with Gasteiger partial charge in [-0.25, -0.2) is 8.42 Å². The molecule has 4 rings (SSSR count). The predicted molar refractivity (Wildman–Crippen MR) is 131 cm³/mol. The summed E-state index contributed by atoms with van der Waals surface area (Å²) in [6.07, 6.45) is -0.741. The lowest BCUT2D eigenvalue weighted by atomic mass is 10.1. The zero-order chi connectivity index (χ0) is 23.8. The predicted octanol–water partition coefficient (Wildman–Crippen LogP) is 4.30. The summed E-state index contributed by atoms with van der Waals surface area (Å²) < 4.78 is 28.9. The van der Waals surface area contributed by atoms with Crippen molar-refractivity contribution >= 4 is 21.6 Å². The summed E-state index contributed by atoms with van der Waals surface area (Å²) >= 11 is 0. The van der Waals surface area contributed by atoms with Crippen molar-refractivity contribution < 1.29 is 13.2 Å². The number of hydrogen-bond donors (Lipinski definition) is 0. The third-order valence-electron chi connectivity index (χ3n) is 6.05. The van der Waals surface area contributed by atoms with Gasteiger partial charge in [0, 0.05) is 37.9 Å². The maximum atomic E-state index is 13.7. The van der Waals surface area contributed by atoms with E-state index in [0.717, 1.165) is 16.8 Å². The van der Waals surface area contributed by atoms with Gasteiger partial charge in [-0.05, 0) is 55.8 Å². The van der Waals surface area contributed by atoms with E-state index in [0.29, 0.717) is 5.56 Å². The molecule has 1 aliphatic heterocycles. The fourth-order valence-corrected chi connectivity index (χ4v) is 5.86. The molecule has 1 fully saturated rings. The van der Waals surface area contributed by atoms with Gasteiger partial charge in [0.25, 0.3) is 5.91 Å². The van der Waals surface area contributed by atoms with Crippen LogP contribution in [0.1, 0.15) is 34.6 Å². The molecule has 0 N–H and O–H groups in total. The first-order chi connectivity index (χ1) is 15.7. The van der Waals surface area contributed by atoms with Crippen molar-refractivity contribution in [2.75, 3.05) is 25.5 Å². The van der Waals surface area contributed by atoms with E-state index in [1.807, 2.05) is 75.3 Å². The van der Waals surface area contributed by atoms with Crippen LogP contribution in [0.25, 0.3) is 0 Å². The topological polar surface area (TPSA) is 60.9 Å². The Morgan fingerprint density at radius 1 is 0.909 bits per heavy atom. The highest BCUT2D eigenvalue weighted by atomic mass is 32.2. The second kappa shape index (κ2) is 9.00. The van der Waals surface area contributed by atoms with E-state index in [9.17, 15) is 13.2 Å². The van der Waals surface area contributed by atoms with Gasteiger partial charge in [0.2, 0.25) is 10.0 Å².